The molecule has 3 unspecified atom stereocenters. The van der Waals surface area contributed by atoms with Crippen molar-refractivity contribution >= 4 is 15.9 Å². The van der Waals surface area contributed by atoms with Crippen molar-refractivity contribution in [1.29, 1.82) is 0 Å². The number of ether oxygens (including phenoxy) is 2. The predicted octanol–water partition coefficient (Wildman–Crippen LogP) is 6.27. The molecule has 190 valence electrons. The molecular formula is C30H41BrNO3+. The van der Waals surface area contributed by atoms with E-state index >= 15 is 0 Å². The van der Waals surface area contributed by atoms with Crippen LogP contribution in [0.25, 0.3) is 0 Å². The number of aliphatic hydroxyl groups is 1. The van der Waals surface area contributed by atoms with E-state index in [1.807, 2.05) is 48.5 Å². The highest BCUT2D eigenvalue weighted by atomic mass is 79.9. The molecule has 0 radical (unpaired) electrons. The zero-order valence-electron chi connectivity index (χ0n) is 20.9. The van der Waals surface area contributed by atoms with Gasteiger partial charge in [0.1, 0.15) is 17.5 Å². The molecule has 0 aromatic heterocycles. The standard InChI is InChI=1S/C30H41BrNO3/c31-29-28(35-23-30(33,25-11-4-1-5-12-25)26-13-6-2-7-14-26)24-17-20-32(29,21-18-24)19-10-22-34-27-15-8-3-9-16-27/h1,3-5,8-9,11-12,15-16,24,26,28-29,33H,2,6-7,10,13-14,17-23H2/q+1. The summed E-state index contributed by atoms with van der Waals surface area (Å²) in [4.78, 5) is 0.276. The number of hydrogen-bond acceptors (Lipinski definition) is 3. The second-order valence-corrected chi connectivity index (χ2v) is 12.0. The summed E-state index contributed by atoms with van der Waals surface area (Å²) < 4.78 is 13.8. The smallest absolute Gasteiger partial charge is 0.171 e. The van der Waals surface area contributed by atoms with Crippen LogP contribution in [0.1, 0.15) is 56.9 Å². The average molecular weight is 544 g/mol. The van der Waals surface area contributed by atoms with Gasteiger partial charge in [-0.2, -0.15) is 0 Å². The van der Waals surface area contributed by atoms with E-state index < -0.39 is 5.60 Å². The van der Waals surface area contributed by atoms with Crippen LogP contribution in [0, 0.1) is 11.8 Å². The monoisotopic (exact) mass is 542 g/mol. The van der Waals surface area contributed by atoms with Gasteiger partial charge in [0.2, 0.25) is 0 Å². The molecule has 1 saturated carbocycles. The summed E-state index contributed by atoms with van der Waals surface area (Å²) in [6.07, 6.45) is 9.46. The third kappa shape index (κ3) is 5.49. The van der Waals surface area contributed by atoms with Gasteiger partial charge in [0.25, 0.3) is 0 Å². The van der Waals surface area contributed by atoms with Gasteiger partial charge in [0, 0.05) is 25.2 Å². The van der Waals surface area contributed by atoms with Gasteiger partial charge in [0.15, 0.2) is 4.95 Å². The van der Waals surface area contributed by atoms with Crippen molar-refractivity contribution < 1.29 is 19.1 Å². The van der Waals surface area contributed by atoms with Crippen LogP contribution in [-0.2, 0) is 10.3 Å². The van der Waals surface area contributed by atoms with Crippen LogP contribution >= 0.6 is 15.9 Å². The van der Waals surface area contributed by atoms with E-state index in [0.29, 0.717) is 12.5 Å². The quantitative estimate of drug-likeness (QED) is 0.166. The Morgan fingerprint density at radius 2 is 1.54 bits per heavy atom. The fraction of sp³-hybridized carbons (Fsp3) is 0.600. The lowest BCUT2D eigenvalue weighted by molar-refractivity contribution is -0.955. The normalized spacial score (nSPS) is 30.6. The Labute approximate surface area is 219 Å². The van der Waals surface area contributed by atoms with Gasteiger partial charge in [-0.15, -0.1) is 0 Å². The van der Waals surface area contributed by atoms with Crippen LogP contribution in [0.5, 0.6) is 5.75 Å². The van der Waals surface area contributed by atoms with E-state index in [2.05, 4.69) is 28.1 Å². The number of alkyl halides is 1. The van der Waals surface area contributed by atoms with Crippen molar-refractivity contribution in [2.24, 2.45) is 11.8 Å². The maximum Gasteiger partial charge on any atom is 0.171 e. The highest BCUT2D eigenvalue weighted by Gasteiger charge is 2.54. The second kappa shape index (κ2) is 11.3. The van der Waals surface area contributed by atoms with Crippen molar-refractivity contribution in [3.8, 4) is 5.75 Å². The molecule has 4 nitrogen and oxygen atoms in total. The summed E-state index contributed by atoms with van der Waals surface area (Å²) >= 11 is 4.11. The summed E-state index contributed by atoms with van der Waals surface area (Å²) in [7, 11) is 0. The summed E-state index contributed by atoms with van der Waals surface area (Å²) in [5.41, 5.74) is 0.107. The Morgan fingerprint density at radius 1 is 0.886 bits per heavy atom. The number of benzene rings is 2. The predicted molar refractivity (Wildman–Crippen MR) is 144 cm³/mol. The van der Waals surface area contributed by atoms with E-state index in [0.717, 1.165) is 48.2 Å². The lowest BCUT2D eigenvalue weighted by atomic mass is 9.73. The number of piperidine rings is 3. The van der Waals surface area contributed by atoms with E-state index in [1.165, 1.54) is 45.2 Å². The van der Waals surface area contributed by atoms with Crippen LogP contribution in [0.15, 0.2) is 60.7 Å². The van der Waals surface area contributed by atoms with E-state index in [4.69, 9.17) is 9.47 Å². The number of nitrogens with zero attached hydrogens (tertiary/aromatic N) is 1. The number of quaternary nitrogens is 1. The number of rotatable bonds is 10. The minimum atomic E-state index is -0.908. The molecule has 3 heterocycles. The van der Waals surface area contributed by atoms with Gasteiger partial charge in [-0.1, -0.05) is 67.8 Å². The lowest BCUT2D eigenvalue weighted by Gasteiger charge is -2.56. The Morgan fingerprint density at radius 3 is 2.23 bits per heavy atom. The van der Waals surface area contributed by atoms with Crippen LogP contribution < -0.4 is 4.74 Å². The summed E-state index contributed by atoms with van der Waals surface area (Å²) in [6.45, 7) is 4.64. The molecule has 2 bridgehead atoms. The molecule has 2 aromatic rings. The third-order valence-electron chi connectivity index (χ3n) is 8.96. The van der Waals surface area contributed by atoms with Crippen molar-refractivity contribution in [2.45, 2.75) is 68.0 Å². The molecule has 2 aromatic carbocycles. The van der Waals surface area contributed by atoms with E-state index in [1.54, 1.807) is 0 Å². The number of fused-ring (bicyclic) bond motifs is 3. The minimum absolute atomic E-state index is 0.145. The Bertz CT molecular complexity index is 912. The van der Waals surface area contributed by atoms with Gasteiger partial charge >= 0.3 is 0 Å². The van der Waals surface area contributed by atoms with Crippen molar-refractivity contribution in [1.82, 2.24) is 0 Å². The number of hydrogen-bond donors (Lipinski definition) is 1. The minimum Gasteiger partial charge on any atom is -0.493 e. The van der Waals surface area contributed by atoms with Gasteiger partial charge in [0.05, 0.1) is 32.8 Å². The van der Waals surface area contributed by atoms with Crippen molar-refractivity contribution in [3.63, 3.8) is 0 Å². The zero-order valence-corrected chi connectivity index (χ0v) is 22.5. The van der Waals surface area contributed by atoms with Crippen LogP contribution in [0.2, 0.25) is 0 Å². The van der Waals surface area contributed by atoms with Crippen LogP contribution in [0.3, 0.4) is 0 Å². The second-order valence-electron chi connectivity index (χ2n) is 11.0. The highest BCUT2D eigenvalue weighted by Crippen LogP contribution is 2.45. The molecule has 6 rings (SSSR count). The molecule has 4 fully saturated rings. The fourth-order valence-electron chi connectivity index (χ4n) is 6.83. The molecule has 5 heteroatoms. The largest absolute Gasteiger partial charge is 0.493 e. The molecule has 35 heavy (non-hydrogen) atoms. The molecule has 1 aliphatic carbocycles. The first kappa shape index (κ1) is 25.3. The molecule has 0 spiro atoms. The van der Waals surface area contributed by atoms with Gasteiger partial charge in [-0.3, -0.25) is 0 Å². The first-order valence-corrected chi connectivity index (χ1v) is 14.6. The third-order valence-corrected chi connectivity index (χ3v) is 10.3. The fourth-order valence-corrected chi connectivity index (χ4v) is 8.03. The van der Waals surface area contributed by atoms with Crippen molar-refractivity contribution in [3.05, 3.63) is 66.2 Å². The maximum atomic E-state index is 12.1. The van der Waals surface area contributed by atoms with Crippen LogP contribution in [0.4, 0.5) is 0 Å². The number of halogens is 1. The summed E-state index contributed by atoms with van der Waals surface area (Å²) in [5.74, 6) is 1.79. The van der Waals surface area contributed by atoms with Gasteiger partial charge < -0.3 is 19.1 Å². The molecule has 3 aliphatic heterocycles. The molecule has 3 saturated heterocycles. The van der Waals surface area contributed by atoms with Crippen molar-refractivity contribution in [2.75, 3.05) is 32.8 Å². The maximum absolute atomic E-state index is 12.1. The SMILES string of the molecule is OC(COC1C2CC[N+](CCCOc3ccccc3)(CC2)C1Br)(c1ccccc1)C1CCCCC1. The first-order chi connectivity index (χ1) is 17.1. The lowest BCUT2D eigenvalue weighted by Crippen LogP contribution is -2.68. The number of para-hydroxylation sites is 1. The Hall–Kier alpha value is -1.40. The average Bonchev–Trinajstić information content (AvgIpc) is 2.93. The Kier molecular flexibility index (Phi) is 8.18. The molecular weight excluding hydrogens is 502 g/mol. The topological polar surface area (TPSA) is 38.7 Å². The molecule has 1 N–H and O–H groups in total. The Balaban J connectivity index is 1.23. The highest BCUT2D eigenvalue weighted by molar-refractivity contribution is 9.09. The molecule has 0 amide bonds. The zero-order chi connectivity index (χ0) is 24.1. The summed E-state index contributed by atoms with van der Waals surface area (Å²) in [6, 6.07) is 20.4. The summed E-state index contributed by atoms with van der Waals surface area (Å²) in [5, 5.41) is 12.1. The molecule has 4 aliphatic rings. The van der Waals surface area contributed by atoms with Gasteiger partial charge in [-0.25, -0.2) is 0 Å². The van der Waals surface area contributed by atoms with Gasteiger partial charge in [-0.05, 0) is 52.4 Å². The van der Waals surface area contributed by atoms with E-state index in [9.17, 15) is 5.11 Å². The molecule has 3 atom stereocenters. The van der Waals surface area contributed by atoms with E-state index in [-0.39, 0.29) is 17.0 Å². The first-order valence-electron chi connectivity index (χ1n) is 13.7. The van der Waals surface area contributed by atoms with Crippen LogP contribution in [-0.4, -0.2) is 53.5 Å².